The van der Waals surface area contributed by atoms with Crippen molar-refractivity contribution in [2.24, 2.45) is 0 Å². The van der Waals surface area contributed by atoms with Crippen molar-refractivity contribution >= 4 is 17.5 Å². The summed E-state index contributed by atoms with van der Waals surface area (Å²) in [7, 11) is 1.61. The fourth-order valence-electron chi connectivity index (χ4n) is 3.04. The Morgan fingerprint density at radius 2 is 1.71 bits per heavy atom. The van der Waals surface area contributed by atoms with Gasteiger partial charge in [0.1, 0.15) is 0 Å². The second-order valence-electron chi connectivity index (χ2n) is 6.50. The van der Waals surface area contributed by atoms with Gasteiger partial charge in [-0.15, -0.1) is 0 Å². The van der Waals surface area contributed by atoms with E-state index in [0.717, 1.165) is 16.8 Å². The number of rotatable bonds is 7. The summed E-state index contributed by atoms with van der Waals surface area (Å²) < 4.78 is 1.87. The number of nitrogens with zero attached hydrogens (tertiary/aromatic N) is 2. The first kappa shape index (κ1) is 19.4. The molecular weight excluding hydrogens is 352 g/mol. The Labute approximate surface area is 164 Å². The average molecular weight is 376 g/mol. The van der Waals surface area contributed by atoms with Gasteiger partial charge in [-0.2, -0.15) is 5.10 Å². The SMILES string of the molecule is CCc1c(C(=O)Nc2ccc(CC(=O)NC)cc2)cnn1Cc1ccccc1. The Morgan fingerprint density at radius 3 is 2.36 bits per heavy atom. The molecule has 0 saturated carbocycles. The molecule has 0 fully saturated rings. The molecule has 0 unspecified atom stereocenters. The van der Waals surface area contributed by atoms with Gasteiger partial charge < -0.3 is 10.6 Å². The summed E-state index contributed by atoms with van der Waals surface area (Å²) in [5.74, 6) is -0.231. The van der Waals surface area contributed by atoms with Crippen LogP contribution in [0.3, 0.4) is 0 Å². The lowest BCUT2D eigenvalue weighted by Crippen LogP contribution is -2.20. The lowest BCUT2D eigenvalue weighted by molar-refractivity contribution is -0.119. The molecule has 144 valence electrons. The van der Waals surface area contributed by atoms with E-state index in [1.807, 2.05) is 54.1 Å². The topological polar surface area (TPSA) is 76.0 Å². The standard InChI is InChI=1S/C22H24N4O2/c1-3-20-19(14-24-26(20)15-17-7-5-4-6-8-17)22(28)25-18-11-9-16(10-12-18)13-21(27)23-2/h4-12,14H,3,13,15H2,1-2H3,(H,23,27)(H,25,28). The lowest BCUT2D eigenvalue weighted by atomic mass is 10.1. The largest absolute Gasteiger partial charge is 0.359 e. The van der Waals surface area contributed by atoms with E-state index < -0.39 is 0 Å². The van der Waals surface area contributed by atoms with E-state index in [1.54, 1.807) is 25.4 Å². The van der Waals surface area contributed by atoms with Crippen molar-refractivity contribution in [3.05, 3.63) is 83.2 Å². The third-order valence-corrected chi connectivity index (χ3v) is 4.56. The number of aromatic nitrogens is 2. The normalized spacial score (nSPS) is 10.5. The van der Waals surface area contributed by atoms with E-state index in [0.29, 0.717) is 30.6 Å². The van der Waals surface area contributed by atoms with Gasteiger partial charge in [0, 0.05) is 12.7 Å². The van der Waals surface area contributed by atoms with Crippen molar-refractivity contribution < 1.29 is 9.59 Å². The van der Waals surface area contributed by atoms with Crippen LogP contribution in [0, 0.1) is 0 Å². The van der Waals surface area contributed by atoms with Gasteiger partial charge in [-0.3, -0.25) is 14.3 Å². The first-order valence-electron chi connectivity index (χ1n) is 9.30. The highest BCUT2D eigenvalue weighted by molar-refractivity contribution is 6.05. The van der Waals surface area contributed by atoms with Gasteiger partial charge in [0.25, 0.3) is 5.91 Å². The molecule has 0 bridgehead atoms. The third-order valence-electron chi connectivity index (χ3n) is 4.56. The zero-order chi connectivity index (χ0) is 19.9. The molecule has 0 aliphatic carbocycles. The van der Waals surface area contributed by atoms with E-state index in [4.69, 9.17) is 0 Å². The zero-order valence-electron chi connectivity index (χ0n) is 16.1. The number of carbonyl (C=O) groups excluding carboxylic acids is 2. The monoisotopic (exact) mass is 376 g/mol. The molecule has 3 rings (SSSR count). The Balaban J connectivity index is 1.71. The molecule has 3 aromatic rings. The summed E-state index contributed by atoms with van der Waals surface area (Å²) in [6.45, 7) is 2.65. The fraction of sp³-hybridized carbons (Fsp3) is 0.227. The number of carbonyl (C=O) groups is 2. The van der Waals surface area contributed by atoms with Crippen LogP contribution in [0.25, 0.3) is 0 Å². The van der Waals surface area contributed by atoms with Crippen molar-refractivity contribution in [3.8, 4) is 0 Å². The van der Waals surface area contributed by atoms with E-state index in [-0.39, 0.29) is 11.8 Å². The fourth-order valence-corrected chi connectivity index (χ4v) is 3.04. The minimum Gasteiger partial charge on any atom is -0.359 e. The van der Waals surface area contributed by atoms with Crippen LogP contribution in [0.15, 0.2) is 60.8 Å². The van der Waals surface area contributed by atoms with Crippen molar-refractivity contribution in [1.82, 2.24) is 15.1 Å². The maximum Gasteiger partial charge on any atom is 0.259 e. The molecule has 2 amide bonds. The molecule has 1 heterocycles. The maximum absolute atomic E-state index is 12.7. The number of likely N-dealkylation sites (N-methyl/N-ethyl adjacent to an activating group) is 1. The molecule has 6 nitrogen and oxygen atoms in total. The molecule has 2 N–H and O–H groups in total. The van der Waals surface area contributed by atoms with E-state index in [2.05, 4.69) is 15.7 Å². The Bertz CT molecular complexity index is 946. The van der Waals surface area contributed by atoms with E-state index >= 15 is 0 Å². The van der Waals surface area contributed by atoms with Crippen LogP contribution in [-0.4, -0.2) is 28.6 Å². The summed E-state index contributed by atoms with van der Waals surface area (Å²) in [6, 6.07) is 17.3. The van der Waals surface area contributed by atoms with Crippen molar-refractivity contribution in [3.63, 3.8) is 0 Å². The van der Waals surface area contributed by atoms with Gasteiger partial charge in [0.2, 0.25) is 5.91 Å². The van der Waals surface area contributed by atoms with Crippen LogP contribution in [-0.2, 0) is 24.2 Å². The van der Waals surface area contributed by atoms with Gasteiger partial charge >= 0.3 is 0 Å². The van der Waals surface area contributed by atoms with Gasteiger partial charge in [-0.1, -0.05) is 49.4 Å². The Kier molecular flexibility index (Phi) is 6.22. The Hall–Kier alpha value is -3.41. The summed E-state index contributed by atoms with van der Waals surface area (Å²) in [6.07, 6.45) is 2.65. The van der Waals surface area contributed by atoms with E-state index in [1.165, 1.54) is 0 Å². The van der Waals surface area contributed by atoms with Crippen LogP contribution in [0.5, 0.6) is 0 Å². The van der Waals surface area contributed by atoms with Crippen LogP contribution >= 0.6 is 0 Å². The summed E-state index contributed by atoms with van der Waals surface area (Å²) in [5.41, 5.74) is 4.19. The van der Waals surface area contributed by atoms with Crippen LogP contribution in [0.2, 0.25) is 0 Å². The van der Waals surface area contributed by atoms with Crippen molar-refractivity contribution in [1.29, 1.82) is 0 Å². The van der Waals surface area contributed by atoms with Crippen LogP contribution in [0.4, 0.5) is 5.69 Å². The predicted octanol–water partition coefficient (Wildman–Crippen LogP) is 3.03. The summed E-state index contributed by atoms with van der Waals surface area (Å²) >= 11 is 0. The number of hydrogen-bond donors (Lipinski definition) is 2. The molecule has 0 atom stereocenters. The lowest BCUT2D eigenvalue weighted by Gasteiger charge is -2.09. The first-order valence-corrected chi connectivity index (χ1v) is 9.30. The minimum absolute atomic E-state index is 0.0461. The highest BCUT2D eigenvalue weighted by Gasteiger charge is 2.16. The molecule has 28 heavy (non-hydrogen) atoms. The molecule has 0 radical (unpaired) electrons. The molecule has 0 aliphatic heterocycles. The maximum atomic E-state index is 12.7. The second kappa shape index (κ2) is 8.99. The Morgan fingerprint density at radius 1 is 1.00 bits per heavy atom. The molecular formula is C22H24N4O2. The molecule has 2 aromatic carbocycles. The number of nitrogens with one attached hydrogen (secondary N) is 2. The summed E-state index contributed by atoms with van der Waals surface area (Å²) in [4.78, 5) is 24.2. The van der Waals surface area contributed by atoms with Gasteiger partial charge in [-0.05, 0) is 29.7 Å². The molecule has 1 aromatic heterocycles. The third kappa shape index (κ3) is 4.65. The second-order valence-corrected chi connectivity index (χ2v) is 6.50. The predicted molar refractivity (Wildman–Crippen MR) is 109 cm³/mol. The number of amides is 2. The molecule has 0 saturated heterocycles. The quantitative estimate of drug-likeness (QED) is 0.665. The molecule has 6 heteroatoms. The molecule has 0 aliphatic rings. The van der Waals surface area contributed by atoms with E-state index in [9.17, 15) is 9.59 Å². The van der Waals surface area contributed by atoms with Gasteiger partial charge in [-0.25, -0.2) is 0 Å². The first-order chi connectivity index (χ1) is 13.6. The number of anilines is 1. The van der Waals surface area contributed by atoms with Gasteiger partial charge in [0.15, 0.2) is 0 Å². The summed E-state index contributed by atoms with van der Waals surface area (Å²) in [5, 5.41) is 9.92. The number of hydrogen-bond acceptors (Lipinski definition) is 3. The van der Waals surface area contributed by atoms with Crippen molar-refractivity contribution in [2.75, 3.05) is 12.4 Å². The number of benzene rings is 2. The van der Waals surface area contributed by atoms with Crippen molar-refractivity contribution in [2.45, 2.75) is 26.3 Å². The highest BCUT2D eigenvalue weighted by atomic mass is 16.2. The average Bonchev–Trinajstić information content (AvgIpc) is 3.12. The highest BCUT2D eigenvalue weighted by Crippen LogP contribution is 2.16. The van der Waals surface area contributed by atoms with Crippen LogP contribution < -0.4 is 10.6 Å². The van der Waals surface area contributed by atoms with Gasteiger partial charge in [0.05, 0.1) is 30.4 Å². The van der Waals surface area contributed by atoms with Crippen LogP contribution in [0.1, 0.15) is 34.1 Å². The minimum atomic E-state index is -0.185. The zero-order valence-corrected chi connectivity index (χ0v) is 16.1. The molecule has 0 spiro atoms. The smallest absolute Gasteiger partial charge is 0.259 e.